The number of aromatic nitrogens is 1. The minimum absolute atomic E-state index is 0.133. The lowest BCUT2D eigenvalue weighted by Crippen LogP contribution is -2.30. The number of methoxy groups -OCH3 is 1. The summed E-state index contributed by atoms with van der Waals surface area (Å²) in [4.78, 5) is 24.7. The molecular weight excluding hydrogens is 252 g/mol. The number of halogens is 1. The van der Waals surface area contributed by atoms with Crippen LogP contribution in [0, 0.1) is 0 Å². The molecule has 0 bridgehead atoms. The number of carbonyl (C=O) groups excluding carboxylic acids is 2. The third-order valence-electron chi connectivity index (χ3n) is 1.51. The van der Waals surface area contributed by atoms with E-state index in [1.54, 1.807) is 12.3 Å². The SMILES string of the molecule is COC(=O)CNC(=O)c1cc(Br)c[nH]1. The Labute approximate surface area is 89.0 Å². The predicted molar refractivity (Wildman–Crippen MR) is 52.8 cm³/mol. The second-order valence-corrected chi connectivity index (χ2v) is 3.41. The van der Waals surface area contributed by atoms with Crippen LogP contribution >= 0.6 is 15.9 Å². The summed E-state index contributed by atoms with van der Waals surface area (Å²) >= 11 is 3.19. The Bertz CT molecular complexity index is 348. The Morgan fingerprint density at radius 3 is 2.86 bits per heavy atom. The van der Waals surface area contributed by atoms with E-state index < -0.39 is 5.97 Å². The van der Waals surface area contributed by atoms with Gasteiger partial charge in [-0.25, -0.2) is 0 Å². The van der Waals surface area contributed by atoms with Gasteiger partial charge < -0.3 is 15.0 Å². The molecule has 0 unspecified atom stereocenters. The molecule has 0 aliphatic rings. The van der Waals surface area contributed by atoms with Gasteiger partial charge in [0.25, 0.3) is 5.91 Å². The van der Waals surface area contributed by atoms with Gasteiger partial charge in [0.15, 0.2) is 0 Å². The molecule has 1 aromatic heterocycles. The summed E-state index contributed by atoms with van der Waals surface area (Å²) in [6.45, 7) is -0.133. The van der Waals surface area contributed by atoms with Crippen LogP contribution in [0.25, 0.3) is 0 Å². The number of ether oxygens (including phenoxy) is 1. The molecule has 6 heteroatoms. The number of hydrogen-bond acceptors (Lipinski definition) is 3. The van der Waals surface area contributed by atoms with Crippen LogP contribution in [-0.2, 0) is 9.53 Å². The lowest BCUT2D eigenvalue weighted by Gasteiger charge is -2.01. The van der Waals surface area contributed by atoms with E-state index in [0.29, 0.717) is 5.69 Å². The van der Waals surface area contributed by atoms with Crippen molar-refractivity contribution in [2.24, 2.45) is 0 Å². The number of aromatic amines is 1. The monoisotopic (exact) mass is 260 g/mol. The number of carbonyl (C=O) groups is 2. The lowest BCUT2D eigenvalue weighted by molar-refractivity contribution is -0.139. The number of hydrogen-bond donors (Lipinski definition) is 2. The molecule has 0 saturated heterocycles. The van der Waals surface area contributed by atoms with E-state index in [2.05, 4.69) is 31.0 Å². The van der Waals surface area contributed by atoms with E-state index in [9.17, 15) is 9.59 Å². The molecule has 1 rings (SSSR count). The van der Waals surface area contributed by atoms with Crippen molar-refractivity contribution in [1.29, 1.82) is 0 Å². The van der Waals surface area contributed by atoms with Crippen molar-refractivity contribution < 1.29 is 14.3 Å². The van der Waals surface area contributed by atoms with Crippen molar-refractivity contribution in [3.8, 4) is 0 Å². The maximum atomic E-state index is 11.3. The van der Waals surface area contributed by atoms with E-state index in [1.807, 2.05) is 0 Å². The quantitative estimate of drug-likeness (QED) is 0.786. The van der Waals surface area contributed by atoms with Crippen molar-refractivity contribution in [2.45, 2.75) is 0 Å². The van der Waals surface area contributed by atoms with Gasteiger partial charge in [-0.05, 0) is 22.0 Å². The normalized spacial score (nSPS) is 9.57. The van der Waals surface area contributed by atoms with Crippen LogP contribution in [-0.4, -0.2) is 30.5 Å². The van der Waals surface area contributed by atoms with E-state index in [0.717, 1.165) is 4.47 Å². The maximum Gasteiger partial charge on any atom is 0.325 e. The van der Waals surface area contributed by atoms with Crippen molar-refractivity contribution in [3.63, 3.8) is 0 Å². The molecule has 0 atom stereocenters. The van der Waals surface area contributed by atoms with Gasteiger partial charge in [0.2, 0.25) is 0 Å². The van der Waals surface area contributed by atoms with Crippen LogP contribution in [0.1, 0.15) is 10.5 Å². The molecule has 0 aliphatic carbocycles. The lowest BCUT2D eigenvalue weighted by atomic mass is 10.4. The standard InChI is InChI=1S/C8H9BrN2O3/c1-14-7(12)4-11-8(13)6-2-5(9)3-10-6/h2-3,10H,4H2,1H3,(H,11,13). The van der Waals surface area contributed by atoms with Crippen molar-refractivity contribution >= 4 is 27.8 Å². The molecule has 76 valence electrons. The van der Waals surface area contributed by atoms with Crippen LogP contribution in [0.15, 0.2) is 16.7 Å². The van der Waals surface area contributed by atoms with Crippen LogP contribution < -0.4 is 5.32 Å². The Kier molecular flexibility index (Phi) is 3.70. The Morgan fingerprint density at radius 2 is 2.36 bits per heavy atom. The first-order chi connectivity index (χ1) is 6.63. The Balaban J connectivity index is 2.47. The fourth-order valence-electron chi connectivity index (χ4n) is 0.819. The predicted octanol–water partition coefficient (Wildman–Crippen LogP) is 0.680. The number of H-pyrrole nitrogens is 1. The highest BCUT2D eigenvalue weighted by Crippen LogP contribution is 2.09. The minimum atomic E-state index is -0.482. The summed E-state index contributed by atoms with van der Waals surface area (Å²) in [5.74, 6) is -0.829. The second kappa shape index (κ2) is 4.80. The van der Waals surface area contributed by atoms with Gasteiger partial charge in [-0.2, -0.15) is 0 Å². The highest BCUT2D eigenvalue weighted by atomic mass is 79.9. The summed E-state index contributed by atoms with van der Waals surface area (Å²) < 4.78 is 5.15. The first-order valence-electron chi connectivity index (χ1n) is 3.82. The van der Waals surface area contributed by atoms with Gasteiger partial charge in [-0.1, -0.05) is 0 Å². The Morgan fingerprint density at radius 1 is 1.64 bits per heavy atom. The highest BCUT2D eigenvalue weighted by molar-refractivity contribution is 9.10. The average molecular weight is 261 g/mol. The van der Waals surface area contributed by atoms with Gasteiger partial charge in [-0.3, -0.25) is 9.59 Å². The van der Waals surface area contributed by atoms with E-state index in [1.165, 1.54) is 7.11 Å². The maximum absolute atomic E-state index is 11.3. The third-order valence-corrected chi connectivity index (χ3v) is 1.97. The zero-order chi connectivity index (χ0) is 10.6. The fourth-order valence-corrected chi connectivity index (χ4v) is 1.16. The molecule has 2 N–H and O–H groups in total. The molecule has 1 amide bonds. The zero-order valence-corrected chi connectivity index (χ0v) is 9.05. The largest absolute Gasteiger partial charge is 0.468 e. The molecule has 0 aliphatic heterocycles. The minimum Gasteiger partial charge on any atom is -0.468 e. The summed E-state index contributed by atoms with van der Waals surface area (Å²) in [7, 11) is 1.26. The number of nitrogens with one attached hydrogen (secondary N) is 2. The summed E-state index contributed by atoms with van der Waals surface area (Å²) in [5.41, 5.74) is 0.390. The van der Waals surface area contributed by atoms with E-state index in [4.69, 9.17) is 0 Å². The van der Waals surface area contributed by atoms with Gasteiger partial charge >= 0.3 is 5.97 Å². The Hall–Kier alpha value is -1.30. The first kappa shape index (κ1) is 10.8. The number of esters is 1. The third kappa shape index (κ3) is 2.88. The number of amides is 1. The summed E-state index contributed by atoms with van der Waals surface area (Å²) in [5, 5.41) is 2.40. The van der Waals surface area contributed by atoms with Gasteiger partial charge in [0.1, 0.15) is 12.2 Å². The highest BCUT2D eigenvalue weighted by Gasteiger charge is 2.09. The topological polar surface area (TPSA) is 71.2 Å². The molecule has 0 aromatic carbocycles. The molecule has 5 nitrogen and oxygen atoms in total. The van der Waals surface area contributed by atoms with Crippen LogP contribution in [0.2, 0.25) is 0 Å². The first-order valence-corrected chi connectivity index (χ1v) is 4.61. The molecule has 0 spiro atoms. The van der Waals surface area contributed by atoms with Crippen LogP contribution in [0.3, 0.4) is 0 Å². The molecule has 0 radical (unpaired) electrons. The average Bonchev–Trinajstić information content (AvgIpc) is 2.60. The molecular formula is C8H9BrN2O3. The van der Waals surface area contributed by atoms with Gasteiger partial charge in [-0.15, -0.1) is 0 Å². The van der Waals surface area contributed by atoms with Gasteiger partial charge in [0.05, 0.1) is 7.11 Å². The molecule has 0 fully saturated rings. The van der Waals surface area contributed by atoms with Crippen LogP contribution in [0.4, 0.5) is 0 Å². The van der Waals surface area contributed by atoms with Crippen molar-refractivity contribution in [2.75, 3.05) is 13.7 Å². The van der Waals surface area contributed by atoms with E-state index in [-0.39, 0.29) is 12.5 Å². The summed E-state index contributed by atoms with van der Waals surface area (Å²) in [6.07, 6.45) is 1.63. The molecule has 1 aromatic rings. The molecule has 0 saturated carbocycles. The smallest absolute Gasteiger partial charge is 0.325 e. The van der Waals surface area contributed by atoms with Gasteiger partial charge in [0, 0.05) is 10.7 Å². The summed E-state index contributed by atoms with van der Waals surface area (Å²) in [6, 6.07) is 1.62. The molecule has 1 heterocycles. The van der Waals surface area contributed by atoms with Crippen molar-refractivity contribution in [1.82, 2.24) is 10.3 Å². The van der Waals surface area contributed by atoms with Crippen LogP contribution in [0.5, 0.6) is 0 Å². The van der Waals surface area contributed by atoms with Crippen molar-refractivity contribution in [3.05, 3.63) is 22.4 Å². The fraction of sp³-hybridized carbons (Fsp3) is 0.250. The molecule has 14 heavy (non-hydrogen) atoms. The van der Waals surface area contributed by atoms with E-state index >= 15 is 0 Å². The zero-order valence-electron chi connectivity index (χ0n) is 7.46. The second-order valence-electron chi connectivity index (χ2n) is 2.49. The number of rotatable bonds is 3.